The van der Waals surface area contributed by atoms with Crippen molar-refractivity contribution >= 4 is 34.4 Å². The van der Waals surface area contributed by atoms with Crippen molar-refractivity contribution in [3.8, 4) is 0 Å². The van der Waals surface area contributed by atoms with Crippen molar-refractivity contribution < 1.29 is 13.2 Å². The summed E-state index contributed by atoms with van der Waals surface area (Å²) in [4.78, 5) is 4.59. The molecule has 3 N–H and O–H groups in total. The number of pyridine rings is 1. The van der Waals surface area contributed by atoms with Crippen LogP contribution in [0, 0.1) is 0 Å². The lowest BCUT2D eigenvalue weighted by molar-refractivity contribution is -0.141. The van der Waals surface area contributed by atoms with E-state index < -0.39 is 11.9 Å². The van der Waals surface area contributed by atoms with E-state index in [1.165, 1.54) is 17.4 Å². The van der Waals surface area contributed by atoms with Crippen molar-refractivity contribution in [2.24, 2.45) is 5.73 Å². The zero-order valence-corrected chi connectivity index (χ0v) is 12.6. The van der Waals surface area contributed by atoms with Crippen LogP contribution in [-0.2, 0) is 6.18 Å². The summed E-state index contributed by atoms with van der Waals surface area (Å²) in [5.74, 6) is 0.0400. The molecule has 8 heteroatoms. The third-order valence-corrected chi connectivity index (χ3v) is 4.05. The first kappa shape index (κ1) is 15.7. The first-order valence-corrected chi connectivity index (χ1v) is 7.26. The summed E-state index contributed by atoms with van der Waals surface area (Å²) in [6, 6.07) is 5.66. The molecular weight excluding hydrogens is 319 g/mol. The minimum absolute atomic E-state index is 0.00268. The molecule has 0 saturated heterocycles. The van der Waals surface area contributed by atoms with E-state index >= 15 is 0 Å². The number of thiocarbonyl (C=S) groups is 1. The van der Waals surface area contributed by atoms with E-state index in [2.05, 4.69) is 10.3 Å². The number of hydrogen-bond acceptors (Lipinski definition) is 4. The molecule has 2 aromatic rings. The van der Waals surface area contributed by atoms with Crippen LogP contribution in [0.3, 0.4) is 0 Å². The largest absolute Gasteiger partial charge is 0.433 e. The van der Waals surface area contributed by atoms with Gasteiger partial charge < -0.3 is 11.1 Å². The van der Waals surface area contributed by atoms with Crippen LogP contribution in [0.4, 0.5) is 19.0 Å². The van der Waals surface area contributed by atoms with Crippen LogP contribution in [0.15, 0.2) is 29.6 Å². The number of hydrogen-bond donors (Lipinski definition) is 2. The fourth-order valence-electron chi connectivity index (χ4n) is 1.74. The number of aromatic nitrogens is 1. The molecule has 0 aliphatic heterocycles. The highest BCUT2D eigenvalue weighted by atomic mass is 32.1. The topological polar surface area (TPSA) is 50.9 Å². The van der Waals surface area contributed by atoms with E-state index in [0.29, 0.717) is 5.56 Å². The van der Waals surface area contributed by atoms with Gasteiger partial charge in [-0.2, -0.15) is 13.2 Å². The van der Waals surface area contributed by atoms with Crippen molar-refractivity contribution in [3.63, 3.8) is 0 Å². The maximum atomic E-state index is 12.8. The zero-order chi connectivity index (χ0) is 15.6. The molecule has 0 fully saturated rings. The van der Waals surface area contributed by atoms with Gasteiger partial charge in [-0.15, -0.1) is 11.3 Å². The van der Waals surface area contributed by atoms with E-state index in [1.807, 2.05) is 24.4 Å². The van der Waals surface area contributed by atoms with Gasteiger partial charge in [0, 0.05) is 4.88 Å². The highest BCUT2D eigenvalue weighted by Crippen LogP contribution is 2.31. The van der Waals surface area contributed by atoms with E-state index in [4.69, 9.17) is 18.0 Å². The van der Waals surface area contributed by atoms with Gasteiger partial charge in [0.2, 0.25) is 0 Å². The molecule has 112 valence electrons. The molecule has 3 nitrogen and oxygen atoms in total. The molecule has 21 heavy (non-hydrogen) atoms. The first-order valence-electron chi connectivity index (χ1n) is 5.97. The summed E-state index contributed by atoms with van der Waals surface area (Å²) in [6.45, 7) is 1.83. The Hall–Kier alpha value is -1.67. The lowest BCUT2D eigenvalue weighted by Crippen LogP contribution is -2.18. The van der Waals surface area contributed by atoms with Crippen molar-refractivity contribution in [2.45, 2.75) is 19.1 Å². The molecule has 0 aliphatic rings. The Morgan fingerprint density at radius 2 is 2.10 bits per heavy atom. The second-order valence-electron chi connectivity index (χ2n) is 4.34. The van der Waals surface area contributed by atoms with Gasteiger partial charge in [-0.1, -0.05) is 18.3 Å². The Kier molecular flexibility index (Phi) is 4.48. The molecule has 0 radical (unpaired) electrons. The SMILES string of the molecule is CC(Nc1nc(C(F)(F)F)ccc1C(N)=S)c1cccs1. The van der Waals surface area contributed by atoms with Crippen molar-refractivity contribution in [1.29, 1.82) is 0 Å². The lowest BCUT2D eigenvalue weighted by Gasteiger charge is -2.17. The molecular formula is C13H12F3N3S2. The molecule has 0 aliphatic carbocycles. The van der Waals surface area contributed by atoms with Gasteiger partial charge in [-0.25, -0.2) is 4.98 Å². The minimum Gasteiger partial charge on any atom is -0.389 e. The number of nitrogens with one attached hydrogen (secondary N) is 1. The molecule has 2 heterocycles. The number of rotatable bonds is 4. The van der Waals surface area contributed by atoms with Crippen LogP contribution >= 0.6 is 23.6 Å². The Labute approximate surface area is 129 Å². The Balaban J connectivity index is 2.37. The average molecular weight is 331 g/mol. The molecule has 0 bridgehead atoms. The summed E-state index contributed by atoms with van der Waals surface area (Å²) in [6.07, 6.45) is -4.52. The van der Waals surface area contributed by atoms with Gasteiger partial charge in [0.05, 0.1) is 11.6 Å². The van der Waals surface area contributed by atoms with Crippen LogP contribution in [0.25, 0.3) is 0 Å². The molecule has 2 rings (SSSR count). The van der Waals surface area contributed by atoms with Crippen molar-refractivity contribution in [2.75, 3.05) is 5.32 Å². The summed E-state index contributed by atoms with van der Waals surface area (Å²) in [5, 5.41) is 4.83. The summed E-state index contributed by atoms with van der Waals surface area (Å²) in [7, 11) is 0. The maximum Gasteiger partial charge on any atom is 0.433 e. The van der Waals surface area contributed by atoms with Gasteiger partial charge in [-0.3, -0.25) is 0 Å². The van der Waals surface area contributed by atoms with E-state index in [0.717, 1.165) is 10.9 Å². The molecule has 1 unspecified atom stereocenters. The Morgan fingerprint density at radius 3 is 2.62 bits per heavy atom. The molecule has 0 spiro atoms. The van der Waals surface area contributed by atoms with Crippen LogP contribution in [0.2, 0.25) is 0 Å². The molecule has 0 saturated carbocycles. The standard InChI is InChI=1S/C13H12F3N3S2/c1-7(9-3-2-6-21-9)18-12-8(11(17)20)4-5-10(19-12)13(14,15)16/h2-7H,1H3,(H2,17,20)(H,18,19). The molecule has 0 aromatic carbocycles. The van der Waals surface area contributed by atoms with Gasteiger partial charge in [0.1, 0.15) is 16.5 Å². The molecule has 0 amide bonds. The normalized spacial score (nSPS) is 13.0. The zero-order valence-electron chi connectivity index (χ0n) is 10.9. The maximum absolute atomic E-state index is 12.8. The number of nitrogens with two attached hydrogens (primary N) is 1. The third kappa shape index (κ3) is 3.70. The Morgan fingerprint density at radius 1 is 1.38 bits per heavy atom. The number of alkyl halides is 3. The van der Waals surface area contributed by atoms with Crippen LogP contribution < -0.4 is 11.1 Å². The quantitative estimate of drug-likeness (QED) is 0.833. The van der Waals surface area contributed by atoms with Crippen molar-refractivity contribution in [3.05, 3.63) is 45.8 Å². The van der Waals surface area contributed by atoms with Crippen LogP contribution in [0.1, 0.15) is 29.1 Å². The van der Waals surface area contributed by atoms with E-state index in [9.17, 15) is 13.2 Å². The minimum atomic E-state index is -4.52. The third-order valence-electron chi connectivity index (χ3n) is 2.77. The van der Waals surface area contributed by atoms with E-state index in [1.54, 1.807) is 0 Å². The van der Waals surface area contributed by atoms with Crippen LogP contribution in [0.5, 0.6) is 0 Å². The fourth-order valence-corrected chi connectivity index (χ4v) is 2.64. The smallest absolute Gasteiger partial charge is 0.389 e. The second kappa shape index (κ2) is 5.98. The summed E-state index contributed by atoms with van der Waals surface area (Å²) >= 11 is 6.36. The van der Waals surface area contributed by atoms with Gasteiger partial charge >= 0.3 is 6.18 Å². The first-order chi connectivity index (χ1) is 9.79. The summed E-state index contributed by atoms with van der Waals surface area (Å²) < 4.78 is 38.3. The predicted molar refractivity (Wildman–Crippen MR) is 81.5 cm³/mol. The lowest BCUT2D eigenvalue weighted by atomic mass is 10.2. The van der Waals surface area contributed by atoms with E-state index in [-0.39, 0.29) is 16.8 Å². The number of halogens is 3. The number of thiophene rings is 1. The monoisotopic (exact) mass is 331 g/mol. The predicted octanol–water partition coefficient (Wildman–Crippen LogP) is 3.97. The van der Waals surface area contributed by atoms with Gasteiger partial charge in [-0.05, 0) is 30.5 Å². The highest BCUT2D eigenvalue weighted by molar-refractivity contribution is 7.80. The number of nitrogens with zero attached hydrogens (tertiary/aromatic N) is 1. The van der Waals surface area contributed by atoms with Gasteiger partial charge in [0.15, 0.2) is 0 Å². The second-order valence-corrected chi connectivity index (χ2v) is 5.76. The highest BCUT2D eigenvalue weighted by Gasteiger charge is 2.33. The molecule has 1 atom stereocenters. The number of anilines is 1. The van der Waals surface area contributed by atoms with Gasteiger partial charge in [0.25, 0.3) is 0 Å². The average Bonchev–Trinajstić information content (AvgIpc) is 2.91. The fraction of sp³-hybridized carbons (Fsp3) is 0.231. The molecule has 2 aromatic heterocycles. The van der Waals surface area contributed by atoms with Crippen molar-refractivity contribution in [1.82, 2.24) is 4.98 Å². The van der Waals surface area contributed by atoms with Crippen LogP contribution in [-0.4, -0.2) is 9.97 Å². The summed E-state index contributed by atoms with van der Waals surface area (Å²) in [5.41, 5.74) is 4.85. The Bertz CT molecular complexity index is 639.